The van der Waals surface area contributed by atoms with Crippen LogP contribution in [0.2, 0.25) is 5.02 Å². The largest absolute Gasteiger partial charge is 0.456 e. The summed E-state index contributed by atoms with van der Waals surface area (Å²) in [6.07, 6.45) is 3.23. The van der Waals surface area contributed by atoms with E-state index in [1.54, 1.807) is 0 Å². The first-order valence-corrected chi connectivity index (χ1v) is 7.50. The van der Waals surface area contributed by atoms with Crippen LogP contribution >= 0.6 is 23.4 Å². The van der Waals surface area contributed by atoms with Crippen LogP contribution in [0.25, 0.3) is 0 Å². The zero-order chi connectivity index (χ0) is 14.5. The first-order valence-electron chi connectivity index (χ1n) is 5.90. The van der Waals surface area contributed by atoms with E-state index in [1.165, 1.54) is 18.0 Å². The molecule has 2 aromatic rings. The molecule has 1 aromatic heterocycles. The maximum Gasteiger partial charge on any atom is 0.358 e. The highest BCUT2D eigenvalue weighted by molar-refractivity contribution is 7.98. The monoisotopic (exact) mass is 308 g/mol. The maximum absolute atomic E-state index is 12.0. The molecule has 0 unspecified atom stereocenters. The van der Waals surface area contributed by atoms with Crippen molar-refractivity contribution in [2.75, 3.05) is 6.26 Å². The van der Waals surface area contributed by atoms with Crippen molar-refractivity contribution in [2.45, 2.75) is 18.7 Å². The molecule has 0 fully saturated rings. The van der Waals surface area contributed by atoms with E-state index in [-0.39, 0.29) is 17.3 Å². The van der Waals surface area contributed by atoms with Crippen molar-refractivity contribution in [3.8, 4) is 0 Å². The fourth-order valence-electron chi connectivity index (χ4n) is 1.58. The zero-order valence-corrected chi connectivity index (χ0v) is 12.7. The Balaban J connectivity index is 2.11. The highest BCUT2D eigenvalue weighted by atomic mass is 35.5. The van der Waals surface area contributed by atoms with Gasteiger partial charge >= 0.3 is 5.97 Å². The number of aromatic nitrogens is 2. The summed E-state index contributed by atoms with van der Waals surface area (Å²) in [7, 11) is 0. The average molecular weight is 309 g/mol. The van der Waals surface area contributed by atoms with E-state index in [1.807, 2.05) is 37.4 Å². The highest BCUT2D eigenvalue weighted by Gasteiger charge is 2.16. The lowest BCUT2D eigenvalue weighted by molar-refractivity contribution is 0.0464. The van der Waals surface area contributed by atoms with E-state index >= 15 is 0 Å². The molecule has 6 heteroatoms. The zero-order valence-electron chi connectivity index (χ0n) is 11.1. The Bertz CT molecular complexity index is 634. The number of hydrogen-bond acceptors (Lipinski definition) is 5. The smallest absolute Gasteiger partial charge is 0.358 e. The van der Waals surface area contributed by atoms with Crippen molar-refractivity contribution in [2.24, 2.45) is 0 Å². The Morgan fingerprint density at radius 3 is 2.85 bits per heavy atom. The van der Waals surface area contributed by atoms with Gasteiger partial charge in [-0.3, -0.25) is 0 Å². The van der Waals surface area contributed by atoms with Gasteiger partial charge in [-0.15, -0.1) is 0 Å². The van der Waals surface area contributed by atoms with Gasteiger partial charge in [0.05, 0.1) is 11.2 Å². The fraction of sp³-hybridized carbons (Fsp3) is 0.214. The highest BCUT2D eigenvalue weighted by Crippen LogP contribution is 2.18. The number of benzene rings is 1. The van der Waals surface area contributed by atoms with E-state index < -0.39 is 5.97 Å². The van der Waals surface area contributed by atoms with Gasteiger partial charge in [0, 0.05) is 0 Å². The Morgan fingerprint density at radius 1 is 1.40 bits per heavy atom. The van der Waals surface area contributed by atoms with E-state index in [4.69, 9.17) is 16.3 Å². The predicted octanol–water partition coefficient (Wildman–Crippen LogP) is 3.52. The first-order chi connectivity index (χ1) is 9.61. The van der Waals surface area contributed by atoms with Gasteiger partial charge in [0.25, 0.3) is 0 Å². The van der Waals surface area contributed by atoms with Gasteiger partial charge in [0.15, 0.2) is 10.9 Å². The molecule has 0 saturated heterocycles. The molecule has 104 valence electrons. The van der Waals surface area contributed by atoms with Gasteiger partial charge in [0.2, 0.25) is 0 Å². The van der Waals surface area contributed by atoms with Crippen LogP contribution in [-0.2, 0) is 11.3 Å². The molecule has 1 aromatic carbocycles. The van der Waals surface area contributed by atoms with Gasteiger partial charge in [-0.2, -0.15) is 0 Å². The summed E-state index contributed by atoms with van der Waals surface area (Å²) in [6.45, 7) is 2.16. The lowest BCUT2D eigenvalue weighted by Gasteiger charge is -2.08. The normalized spacial score (nSPS) is 10.3. The maximum atomic E-state index is 12.0. The number of carbonyl (C=O) groups excluding carboxylic acids is 1. The van der Waals surface area contributed by atoms with Crippen molar-refractivity contribution in [3.05, 3.63) is 52.3 Å². The first kappa shape index (κ1) is 14.8. The minimum atomic E-state index is -0.545. The molecule has 0 saturated carbocycles. The molecule has 0 spiro atoms. The number of halogens is 1. The van der Waals surface area contributed by atoms with E-state index in [0.717, 1.165) is 11.1 Å². The number of ether oxygens (including phenoxy) is 1. The second kappa shape index (κ2) is 6.72. The number of rotatable bonds is 4. The quantitative estimate of drug-likeness (QED) is 0.491. The minimum absolute atomic E-state index is 0.0969. The van der Waals surface area contributed by atoms with Gasteiger partial charge < -0.3 is 4.74 Å². The van der Waals surface area contributed by atoms with Crippen LogP contribution in [0, 0.1) is 6.92 Å². The third-order valence-corrected chi connectivity index (χ3v) is 3.56. The van der Waals surface area contributed by atoms with Crippen molar-refractivity contribution in [3.63, 3.8) is 0 Å². The van der Waals surface area contributed by atoms with Crippen LogP contribution in [0.5, 0.6) is 0 Å². The number of aryl methyl sites for hydroxylation is 1. The summed E-state index contributed by atoms with van der Waals surface area (Å²) < 4.78 is 5.25. The number of carbonyl (C=O) groups is 1. The van der Waals surface area contributed by atoms with Gasteiger partial charge in [-0.25, -0.2) is 14.8 Å². The molecule has 0 aliphatic carbocycles. The average Bonchev–Trinajstić information content (AvgIpc) is 2.46. The second-order valence-corrected chi connectivity index (χ2v) is 5.24. The van der Waals surface area contributed by atoms with Gasteiger partial charge in [-0.05, 0) is 24.3 Å². The SMILES string of the molecule is CSc1ncc(Cl)c(C(=O)OCc2ccccc2C)n1. The Labute approximate surface area is 126 Å². The molecule has 0 aliphatic heterocycles. The number of esters is 1. The molecule has 4 nitrogen and oxygen atoms in total. The van der Waals surface area contributed by atoms with Crippen molar-refractivity contribution < 1.29 is 9.53 Å². The van der Waals surface area contributed by atoms with Crippen molar-refractivity contribution in [1.82, 2.24) is 9.97 Å². The molecule has 0 bridgehead atoms. The number of thioether (sulfide) groups is 1. The number of hydrogen-bond donors (Lipinski definition) is 0. The molecule has 2 rings (SSSR count). The molecule has 0 radical (unpaired) electrons. The van der Waals surface area contributed by atoms with Crippen molar-refractivity contribution >= 4 is 29.3 Å². The van der Waals surface area contributed by atoms with E-state index in [9.17, 15) is 4.79 Å². The van der Waals surface area contributed by atoms with Gasteiger partial charge in [-0.1, -0.05) is 47.6 Å². The molecule has 0 aliphatic rings. The second-order valence-electron chi connectivity index (χ2n) is 4.06. The summed E-state index contributed by atoms with van der Waals surface area (Å²) in [5.41, 5.74) is 2.12. The summed E-state index contributed by atoms with van der Waals surface area (Å²) in [5.74, 6) is -0.545. The summed E-state index contributed by atoms with van der Waals surface area (Å²) in [5, 5.41) is 0.676. The minimum Gasteiger partial charge on any atom is -0.456 e. The molecule has 1 heterocycles. The Hall–Kier alpha value is -1.59. The summed E-state index contributed by atoms with van der Waals surface area (Å²) >= 11 is 7.26. The van der Waals surface area contributed by atoms with Crippen LogP contribution in [0.4, 0.5) is 0 Å². The Morgan fingerprint density at radius 2 is 2.15 bits per heavy atom. The summed E-state index contributed by atoms with van der Waals surface area (Å²) in [4.78, 5) is 20.1. The van der Waals surface area contributed by atoms with E-state index in [0.29, 0.717) is 5.16 Å². The third-order valence-electron chi connectivity index (χ3n) is 2.72. The van der Waals surface area contributed by atoms with E-state index in [2.05, 4.69) is 9.97 Å². The lowest BCUT2D eigenvalue weighted by atomic mass is 10.1. The molecule has 0 atom stereocenters. The molecule has 0 N–H and O–H groups in total. The predicted molar refractivity (Wildman–Crippen MR) is 79.1 cm³/mol. The molecular weight excluding hydrogens is 296 g/mol. The molecule has 0 amide bonds. The van der Waals surface area contributed by atoms with Crippen molar-refractivity contribution in [1.29, 1.82) is 0 Å². The summed E-state index contributed by atoms with van der Waals surface area (Å²) in [6, 6.07) is 7.72. The number of nitrogens with zero attached hydrogens (tertiary/aromatic N) is 2. The molecular formula is C14H13ClN2O2S. The fourth-order valence-corrected chi connectivity index (χ4v) is 2.09. The van der Waals surface area contributed by atoms with Crippen LogP contribution in [0.15, 0.2) is 35.6 Å². The third kappa shape index (κ3) is 3.49. The Kier molecular flexibility index (Phi) is 4.98. The topological polar surface area (TPSA) is 52.1 Å². The van der Waals surface area contributed by atoms with Crippen LogP contribution < -0.4 is 0 Å². The van der Waals surface area contributed by atoms with Crippen LogP contribution in [0.1, 0.15) is 21.6 Å². The van der Waals surface area contributed by atoms with Gasteiger partial charge in [0.1, 0.15) is 6.61 Å². The molecule has 20 heavy (non-hydrogen) atoms. The lowest BCUT2D eigenvalue weighted by Crippen LogP contribution is -2.10. The van der Waals surface area contributed by atoms with Crippen LogP contribution in [0.3, 0.4) is 0 Å². The van der Waals surface area contributed by atoms with Crippen LogP contribution in [-0.4, -0.2) is 22.2 Å². The standard InChI is InChI=1S/C14H13ClN2O2S/c1-9-5-3-4-6-10(9)8-19-13(18)12-11(15)7-16-14(17-12)20-2/h3-7H,8H2,1-2H3.